The Hall–Kier alpha value is -7.83. The van der Waals surface area contributed by atoms with Crippen LogP contribution in [0.4, 0.5) is 34.1 Å². The Labute approximate surface area is 424 Å². The number of nitrogens with zero attached hydrogens (tertiary/aromatic N) is 3. The molecule has 10 aromatic carbocycles. The van der Waals surface area contributed by atoms with Gasteiger partial charge in [-0.2, -0.15) is 0 Å². The van der Waals surface area contributed by atoms with Gasteiger partial charge in [0.1, 0.15) is 0 Å². The number of fused-ring (bicyclic) bond motifs is 17. The second kappa shape index (κ2) is 15.6. The van der Waals surface area contributed by atoms with Crippen molar-refractivity contribution in [3.05, 3.63) is 247 Å². The van der Waals surface area contributed by atoms with Crippen molar-refractivity contribution in [2.24, 2.45) is 0 Å². The normalized spacial score (nSPS) is 13.8. The van der Waals surface area contributed by atoms with Gasteiger partial charge in [-0.15, -0.1) is 0 Å². The fourth-order valence-corrected chi connectivity index (χ4v) is 14.8. The average molecular weight is 962 g/mol. The summed E-state index contributed by atoms with van der Waals surface area (Å²) in [5, 5.41) is 6.53. The molecule has 0 fully saturated rings. The summed E-state index contributed by atoms with van der Waals surface area (Å²) in [6.45, 7) is 7.31. The van der Waals surface area contributed by atoms with Crippen LogP contribution in [0.25, 0.3) is 60.3 Å². The first-order valence-electron chi connectivity index (χ1n) is 25.2. The van der Waals surface area contributed by atoms with E-state index < -0.39 is 23.5 Å². The number of hydrogen-bond acceptors (Lipinski definition) is 2. The first-order chi connectivity index (χ1) is 35.0. The zero-order valence-corrected chi connectivity index (χ0v) is 43.4. The molecular weight excluding hydrogens is 907 g/mol. The lowest BCUT2D eigenvalue weighted by Crippen LogP contribution is -2.37. The molecule has 0 unspecified atom stereocenters. The van der Waals surface area contributed by atoms with Gasteiger partial charge in [0.25, 0.3) is 0 Å². The van der Waals surface area contributed by atoms with Crippen molar-refractivity contribution in [1.82, 2.24) is 4.40 Å². The molecule has 3 nitrogen and oxygen atoms in total. The number of para-hydroxylation sites is 4. The van der Waals surface area contributed by atoms with Crippen molar-refractivity contribution in [1.29, 1.82) is 0 Å². The minimum absolute atomic E-state index is 0.652. The van der Waals surface area contributed by atoms with Crippen LogP contribution in [0.3, 0.4) is 0 Å². The Morgan fingerprint density at radius 1 is 0.403 bits per heavy atom. The van der Waals surface area contributed by atoms with Crippen molar-refractivity contribution >= 4 is 95.5 Å². The van der Waals surface area contributed by atoms with Crippen molar-refractivity contribution in [2.45, 2.75) is 30.0 Å². The van der Waals surface area contributed by atoms with Gasteiger partial charge >= 0.3 is 0 Å². The second-order valence-corrected chi connectivity index (χ2v) is 30.9. The highest BCUT2D eigenvalue weighted by atomic mass is 32.3. The SMILES string of the molecule is C[Si](C)(C)c1ccc(N(c2ccccc2)c2cc3c(c4c2c2cccc5c6ccccc6n4c52)-c2ccc(N(c4ccccc4)c4ccc(S(C)(C)C)cc4)cc2C32c3ccccc3-c3ccccc32)cc1. The molecule has 0 saturated carbocycles. The first kappa shape index (κ1) is 43.0. The molecule has 0 N–H and O–H groups in total. The van der Waals surface area contributed by atoms with Crippen LogP contribution >= 0.6 is 10.0 Å². The smallest absolute Gasteiger partial charge is 0.0775 e. The second-order valence-electron chi connectivity index (χ2n) is 21.6. The highest BCUT2D eigenvalue weighted by Gasteiger charge is 2.53. The van der Waals surface area contributed by atoms with Crippen LogP contribution in [-0.2, 0) is 5.41 Å². The Morgan fingerprint density at radius 3 is 1.58 bits per heavy atom. The zero-order valence-electron chi connectivity index (χ0n) is 41.6. The predicted octanol–water partition coefficient (Wildman–Crippen LogP) is 17.7. The molecule has 0 amide bonds. The Morgan fingerprint density at radius 2 is 0.931 bits per heavy atom. The third-order valence-electron chi connectivity index (χ3n) is 15.8. The standard InChI is InChI=1S/C67H55N3SSi/c1-71(2,3)49-37-32-46(33-38-49)68(44-20-9-7-10-21-44)48-36-41-55-59(42-48)67(57-29-16-13-24-51(57)52-25-14-17-30-58(52)67)60-43-62(69(45-22-11-8-12-23-45)47-34-39-50(40-35-47)72(4,5)6)64-56-28-19-27-54-53-26-15-18-31-61(53)70(65(54)56)66(64)63(55)60/h7-43H,1-6H3. The average Bonchev–Trinajstić information content (AvgIpc) is 4.11. The van der Waals surface area contributed by atoms with Gasteiger partial charge in [-0.1, -0.05) is 164 Å². The van der Waals surface area contributed by atoms with Crippen molar-refractivity contribution in [3.8, 4) is 22.3 Å². The maximum absolute atomic E-state index is 2.63. The third kappa shape index (κ3) is 6.04. The summed E-state index contributed by atoms with van der Waals surface area (Å²) in [5.41, 5.74) is 20.4. The molecule has 0 atom stereocenters. The van der Waals surface area contributed by atoms with E-state index in [9.17, 15) is 0 Å². The summed E-state index contributed by atoms with van der Waals surface area (Å²) in [4.78, 5) is 6.41. The lowest BCUT2D eigenvalue weighted by atomic mass is 9.70. The van der Waals surface area contributed by atoms with Crippen LogP contribution < -0.4 is 15.0 Å². The van der Waals surface area contributed by atoms with Gasteiger partial charge in [0, 0.05) is 55.5 Å². The van der Waals surface area contributed by atoms with Crippen LogP contribution in [0.15, 0.2) is 229 Å². The molecular formula is C67H55N3SSi. The topological polar surface area (TPSA) is 10.9 Å². The van der Waals surface area contributed by atoms with E-state index in [1.807, 2.05) is 0 Å². The lowest BCUT2D eigenvalue weighted by molar-refractivity contribution is 0.794. The van der Waals surface area contributed by atoms with Crippen molar-refractivity contribution < 1.29 is 0 Å². The summed E-state index contributed by atoms with van der Waals surface area (Å²) in [6.07, 6.45) is 7.12. The van der Waals surface area contributed by atoms with E-state index in [0.717, 1.165) is 28.4 Å². The number of rotatable bonds is 8. The summed E-state index contributed by atoms with van der Waals surface area (Å²) in [6, 6.07) is 85.3. The van der Waals surface area contributed by atoms with Crippen LogP contribution in [0, 0.1) is 0 Å². The van der Waals surface area contributed by atoms with E-state index in [1.165, 1.54) is 98.4 Å². The van der Waals surface area contributed by atoms with Gasteiger partial charge in [-0.05, 0) is 148 Å². The third-order valence-corrected chi connectivity index (χ3v) is 19.6. The highest BCUT2D eigenvalue weighted by Crippen LogP contribution is 2.66. The fourth-order valence-electron chi connectivity index (χ4n) is 12.6. The van der Waals surface area contributed by atoms with Crippen LogP contribution in [0.5, 0.6) is 0 Å². The molecule has 0 saturated heterocycles. The van der Waals surface area contributed by atoms with E-state index in [2.05, 4.69) is 277 Å². The zero-order chi connectivity index (χ0) is 48.7. The highest BCUT2D eigenvalue weighted by molar-refractivity contribution is 8.32. The molecule has 14 rings (SSSR count). The van der Waals surface area contributed by atoms with Crippen LogP contribution in [0.1, 0.15) is 22.3 Å². The van der Waals surface area contributed by atoms with E-state index in [-0.39, 0.29) is 0 Å². The molecule has 2 aromatic heterocycles. The van der Waals surface area contributed by atoms with Crippen LogP contribution in [0.2, 0.25) is 19.6 Å². The molecule has 0 bridgehead atoms. The molecule has 5 heteroatoms. The number of benzene rings is 10. The van der Waals surface area contributed by atoms with E-state index in [0.29, 0.717) is 0 Å². The summed E-state index contributed by atoms with van der Waals surface area (Å²) < 4.78 is 2.63. The lowest BCUT2D eigenvalue weighted by Gasteiger charge is -2.34. The molecule has 2 aliphatic carbocycles. The molecule has 1 spiro atoms. The molecule has 0 aliphatic heterocycles. The van der Waals surface area contributed by atoms with Gasteiger partial charge in [0.05, 0.1) is 35.7 Å². The summed E-state index contributed by atoms with van der Waals surface area (Å²) in [5.74, 6) is 0. The fraction of sp³-hybridized carbons (Fsp3) is 0.104. The van der Waals surface area contributed by atoms with Gasteiger partial charge in [0.15, 0.2) is 0 Å². The van der Waals surface area contributed by atoms with E-state index in [4.69, 9.17) is 0 Å². The van der Waals surface area contributed by atoms with Gasteiger partial charge in [-0.3, -0.25) is 0 Å². The number of aromatic nitrogens is 1. The monoisotopic (exact) mass is 961 g/mol. The van der Waals surface area contributed by atoms with Crippen LogP contribution in [-0.4, -0.2) is 31.2 Å². The molecule has 0 radical (unpaired) electrons. The molecule has 72 heavy (non-hydrogen) atoms. The molecule has 2 aliphatic rings. The molecule has 2 heterocycles. The minimum Gasteiger partial charge on any atom is -0.310 e. The minimum atomic E-state index is -1.59. The number of hydrogen-bond donors (Lipinski definition) is 0. The van der Waals surface area contributed by atoms with Gasteiger partial charge < -0.3 is 14.2 Å². The molecule has 348 valence electrons. The largest absolute Gasteiger partial charge is 0.310 e. The first-order valence-corrected chi connectivity index (χ1v) is 31.6. The van der Waals surface area contributed by atoms with E-state index in [1.54, 1.807) is 0 Å². The maximum atomic E-state index is 2.63. The Kier molecular flexibility index (Phi) is 9.31. The van der Waals surface area contributed by atoms with E-state index >= 15 is 0 Å². The predicted molar refractivity (Wildman–Crippen MR) is 313 cm³/mol. The quantitative estimate of drug-likeness (QED) is 0.141. The van der Waals surface area contributed by atoms with Gasteiger partial charge in [0.2, 0.25) is 0 Å². The summed E-state index contributed by atoms with van der Waals surface area (Å²) >= 11 is 0. The number of anilines is 6. The molecule has 12 aromatic rings. The maximum Gasteiger partial charge on any atom is 0.0775 e. The van der Waals surface area contributed by atoms with Gasteiger partial charge in [-0.25, -0.2) is 10.0 Å². The summed E-state index contributed by atoms with van der Waals surface area (Å²) in [7, 11) is -2.50. The van der Waals surface area contributed by atoms with Crippen molar-refractivity contribution in [3.63, 3.8) is 0 Å². The van der Waals surface area contributed by atoms with Crippen molar-refractivity contribution in [2.75, 3.05) is 28.6 Å². The Bertz CT molecular complexity index is 4060. The Balaban J connectivity index is 1.16.